The van der Waals surface area contributed by atoms with Crippen molar-refractivity contribution in [2.75, 3.05) is 18.0 Å². The molecule has 0 aromatic carbocycles. The van der Waals surface area contributed by atoms with Gasteiger partial charge in [0.2, 0.25) is 0 Å². The maximum atomic E-state index is 11.5. The molecular weight excluding hydrogens is 278 g/mol. The maximum Gasteiger partial charge on any atom is 0.354 e. The summed E-state index contributed by atoms with van der Waals surface area (Å²) in [7, 11) is 0. The van der Waals surface area contributed by atoms with Crippen LogP contribution in [0.25, 0.3) is 5.65 Å². The molecule has 0 aliphatic heterocycles. The van der Waals surface area contributed by atoms with Gasteiger partial charge in [-0.1, -0.05) is 27.7 Å². The SMILES string of the molecule is Cc1nc2ccc(N(CC(C)C)CC(C)C)cn2c1C(=O)O. The van der Waals surface area contributed by atoms with Gasteiger partial charge in [-0.25, -0.2) is 9.78 Å². The van der Waals surface area contributed by atoms with E-state index in [1.54, 1.807) is 11.3 Å². The number of carbonyl (C=O) groups is 1. The summed E-state index contributed by atoms with van der Waals surface area (Å²) in [6, 6.07) is 3.92. The molecule has 0 unspecified atom stereocenters. The van der Waals surface area contributed by atoms with E-state index < -0.39 is 5.97 Å². The highest BCUT2D eigenvalue weighted by atomic mass is 16.4. The number of aromatic nitrogens is 2. The molecule has 0 saturated carbocycles. The number of aryl methyl sites for hydroxylation is 1. The minimum absolute atomic E-state index is 0.242. The van der Waals surface area contributed by atoms with Gasteiger partial charge in [0.05, 0.1) is 11.4 Å². The first-order valence-corrected chi connectivity index (χ1v) is 7.76. The molecule has 2 aromatic heterocycles. The van der Waals surface area contributed by atoms with E-state index in [1.165, 1.54) is 0 Å². The van der Waals surface area contributed by atoms with E-state index in [-0.39, 0.29) is 5.69 Å². The summed E-state index contributed by atoms with van der Waals surface area (Å²) in [5, 5.41) is 9.40. The molecule has 0 atom stereocenters. The number of hydrogen-bond donors (Lipinski definition) is 1. The fourth-order valence-electron chi connectivity index (χ4n) is 2.76. The van der Waals surface area contributed by atoms with Gasteiger partial charge in [-0.05, 0) is 30.9 Å². The van der Waals surface area contributed by atoms with Crippen LogP contribution in [-0.2, 0) is 0 Å². The van der Waals surface area contributed by atoms with Crippen LogP contribution in [0, 0.1) is 18.8 Å². The number of pyridine rings is 1. The van der Waals surface area contributed by atoms with Crippen LogP contribution in [0.3, 0.4) is 0 Å². The number of nitrogens with zero attached hydrogens (tertiary/aromatic N) is 3. The highest BCUT2D eigenvalue weighted by Gasteiger charge is 2.17. The molecule has 0 amide bonds. The van der Waals surface area contributed by atoms with Crippen LogP contribution >= 0.6 is 0 Å². The Kier molecular flexibility index (Phi) is 4.74. The predicted molar refractivity (Wildman–Crippen MR) is 88.8 cm³/mol. The third-order valence-corrected chi connectivity index (χ3v) is 3.52. The monoisotopic (exact) mass is 303 g/mol. The van der Waals surface area contributed by atoms with Crippen LogP contribution in [0.5, 0.6) is 0 Å². The van der Waals surface area contributed by atoms with Crippen LogP contribution < -0.4 is 4.90 Å². The van der Waals surface area contributed by atoms with Gasteiger partial charge in [-0.15, -0.1) is 0 Å². The quantitative estimate of drug-likeness (QED) is 0.888. The molecule has 2 aromatic rings. The Balaban J connectivity index is 2.49. The molecule has 2 heterocycles. The molecule has 2 rings (SSSR count). The molecule has 0 fully saturated rings. The van der Waals surface area contributed by atoms with Crippen molar-refractivity contribution in [3.8, 4) is 0 Å². The number of carboxylic acid groups (broad SMARTS) is 1. The van der Waals surface area contributed by atoms with Gasteiger partial charge in [0.25, 0.3) is 0 Å². The summed E-state index contributed by atoms with van der Waals surface area (Å²) >= 11 is 0. The molecule has 0 aliphatic rings. The zero-order chi connectivity index (χ0) is 16.4. The third-order valence-electron chi connectivity index (χ3n) is 3.52. The number of fused-ring (bicyclic) bond motifs is 1. The van der Waals surface area contributed by atoms with Crippen molar-refractivity contribution in [3.05, 3.63) is 29.7 Å². The van der Waals surface area contributed by atoms with Crippen molar-refractivity contribution in [1.29, 1.82) is 0 Å². The topological polar surface area (TPSA) is 57.8 Å². The summed E-state index contributed by atoms with van der Waals surface area (Å²) in [6.45, 7) is 12.4. The van der Waals surface area contributed by atoms with E-state index in [0.29, 0.717) is 23.2 Å². The van der Waals surface area contributed by atoms with E-state index in [9.17, 15) is 9.90 Å². The minimum Gasteiger partial charge on any atom is -0.477 e. The van der Waals surface area contributed by atoms with E-state index in [0.717, 1.165) is 18.8 Å². The van der Waals surface area contributed by atoms with Gasteiger partial charge >= 0.3 is 5.97 Å². The summed E-state index contributed by atoms with van der Waals surface area (Å²) < 4.78 is 1.68. The van der Waals surface area contributed by atoms with Crippen LogP contribution in [0.15, 0.2) is 18.3 Å². The van der Waals surface area contributed by atoms with E-state index in [2.05, 4.69) is 37.6 Å². The zero-order valence-corrected chi connectivity index (χ0v) is 14.0. The summed E-state index contributed by atoms with van der Waals surface area (Å²) in [4.78, 5) is 18.1. The number of hydrogen-bond acceptors (Lipinski definition) is 3. The van der Waals surface area contributed by atoms with Crippen molar-refractivity contribution in [3.63, 3.8) is 0 Å². The average molecular weight is 303 g/mol. The lowest BCUT2D eigenvalue weighted by molar-refractivity contribution is 0.0688. The fraction of sp³-hybridized carbons (Fsp3) is 0.529. The Bertz CT molecular complexity index is 664. The van der Waals surface area contributed by atoms with Crippen molar-refractivity contribution in [2.45, 2.75) is 34.6 Å². The smallest absolute Gasteiger partial charge is 0.354 e. The standard InChI is InChI=1S/C17H25N3O2/c1-11(2)8-19(9-12(3)4)14-6-7-15-18-13(5)16(17(21)22)20(15)10-14/h6-7,10-12H,8-9H2,1-5H3,(H,21,22). The Hall–Kier alpha value is -2.04. The second kappa shape index (κ2) is 6.38. The van der Waals surface area contributed by atoms with Gasteiger partial charge < -0.3 is 10.0 Å². The van der Waals surface area contributed by atoms with Gasteiger partial charge in [0.15, 0.2) is 5.69 Å². The van der Waals surface area contributed by atoms with Crippen molar-refractivity contribution < 1.29 is 9.90 Å². The summed E-state index contributed by atoms with van der Waals surface area (Å²) in [6.07, 6.45) is 1.89. The molecule has 0 aliphatic carbocycles. The predicted octanol–water partition coefficient (Wildman–Crippen LogP) is 3.46. The maximum absolute atomic E-state index is 11.5. The molecule has 5 nitrogen and oxygen atoms in total. The van der Waals surface area contributed by atoms with Crippen LogP contribution in [0.2, 0.25) is 0 Å². The molecule has 0 bridgehead atoms. The van der Waals surface area contributed by atoms with Gasteiger partial charge in [0, 0.05) is 19.3 Å². The van der Waals surface area contributed by atoms with Gasteiger partial charge in [-0.3, -0.25) is 4.40 Å². The Morgan fingerprint density at radius 2 is 1.82 bits per heavy atom. The Morgan fingerprint density at radius 1 is 1.23 bits per heavy atom. The number of imidazole rings is 1. The lowest BCUT2D eigenvalue weighted by Gasteiger charge is -2.28. The lowest BCUT2D eigenvalue weighted by Crippen LogP contribution is -2.31. The number of carboxylic acids is 1. The van der Waals surface area contributed by atoms with Crippen LogP contribution in [-0.4, -0.2) is 33.6 Å². The molecular formula is C17H25N3O2. The van der Waals surface area contributed by atoms with Crippen LogP contribution in [0.4, 0.5) is 5.69 Å². The highest BCUT2D eigenvalue weighted by molar-refractivity contribution is 5.88. The van der Waals surface area contributed by atoms with E-state index in [1.807, 2.05) is 18.3 Å². The summed E-state index contributed by atoms with van der Waals surface area (Å²) in [5.74, 6) is 0.136. The first-order valence-electron chi connectivity index (χ1n) is 7.76. The molecule has 120 valence electrons. The highest BCUT2D eigenvalue weighted by Crippen LogP contribution is 2.21. The van der Waals surface area contributed by atoms with Gasteiger partial charge in [0.1, 0.15) is 5.65 Å². The van der Waals surface area contributed by atoms with Crippen molar-refractivity contribution in [2.24, 2.45) is 11.8 Å². The molecule has 1 N–H and O–H groups in total. The minimum atomic E-state index is -0.943. The first kappa shape index (κ1) is 16.3. The third kappa shape index (κ3) is 3.40. The second-order valence-corrected chi connectivity index (χ2v) is 6.66. The molecule has 22 heavy (non-hydrogen) atoms. The number of rotatable bonds is 6. The van der Waals surface area contributed by atoms with Crippen molar-refractivity contribution in [1.82, 2.24) is 9.38 Å². The van der Waals surface area contributed by atoms with Crippen LogP contribution in [0.1, 0.15) is 43.9 Å². The number of anilines is 1. The largest absolute Gasteiger partial charge is 0.477 e. The average Bonchev–Trinajstić information content (AvgIpc) is 2.71. The Labute approximate surface area is 131 Å². The van der Waals surface area contributed by atoms with Gasteiger partial charge in [-0.2, -0.15) is 0 Å². The van der Waals surface area contributed by atoms with E-state index >= 15 is 0 Å². The first-order chi connectivity index (χ1) is 10.3. The Morgan fingerprint density at radius 3 is 2.32 bits per heavy atom. The molecule has 0 saturated heterocycles. The lowest BCUT2D eigenvalue weighted by atomic mass is 10.1. The van der Waals surface area contributed by atoms with Crippen molar-refractivity contribution >= 4 is 17.3 Å². The molecule has 5 heteroatoms. The zero-order valence-electron chi connectivity index (χ0n) is 14.0. The second-order valence-electron chi connectivity index (χ2n) is 6.66. The molecule has 0 radical (unpaired) electrons. The summed E-state index contributed by atoms with van der Waals surface area (Å²) in [5.41, 5.74) is 2.50. The number of aromatic carboxylic acids is 1. The van der Waals surface area contributed by atoms with E-state index in [4.69, 9.17) is 0 Å². The molecule has 0 spiro atoms. The normalized spacial score (nSPS) is 11.6. The fourth-order valence-corrected chi connectivity index (χ4v) is 2.76.